The lowest BCUT2D eigenvalue weighted by atomic mass is 9.96. The molecule has 1 saturated heterocycles. The first kappa shape index (κ1) is 20.4. The van der Waals surface area contributed by atoms with Gasteiger partial charge in [0, 0.05) is 30.5 Å². The summed E-state index contributed by atoms with van der Waals surface area (Å²) in [5, 5.41) is 0. The molecule has 0 aliphatic carbocycles. The molecular weight excluding hydrogens is 381 g/mol. The van der Waals surface area contributed by atoms with Crippen LogP contribution in [0.5, 0.6) is 0 Å². The van der Waals surface area contributed by atoms with Crippen LogP contribution in [-0.2, 0) is 11.2 Å². The first-order valence-electron chi connectivity index (χ1n) is 10.6. The first-order valence-corrected chi connectivity index (χ1v) is 10.6. The van der Waals surface area contributed by atoms with Crippen LogP contribution in [0.2, 0.25) is 0 Å². The highest BCUT2D eigenvalue weighted by Gasteiger charge is 2.34. The zero-order valence-electron chi connectivity index (χ0n) is 17.8. The third-order valence-corrected chi connectivity index (χ3v) is 6.13. The Kier molecular flexibility index (Phi) is 5.50. The average molecular weight is 410 g/mol. The predicted octanol–water partition coefficient (Wildman–Crippen LogP) is 4.56. The summed E-state index contributed by atoms with van der Waals surface area (Å²) in [7, 11) is 0. The minimum atomic E-state index is -0.287. The maximum absolute atomic E-state index is 13.6. The molecule has 0 N–H and O–H groups in total. The van der Waals surface area contributed by atoms with E-state index in [2.05, 4.69) is 13.8 Å². The number of carbonyl (C=O) groups is 2. The lowest BCUT2D eigenvalue weighted by Crippen LogP contribution is -2.48. The average Bonchev–Trinajstić information content (AvgIpc) is 3.08. The number of hydrogen-bond acceptors (Lipinski definition) is 2. The van der Waals surface area contributed by atoms with Gasteiger partial charge in [0.1, 0.15) is 12.4 Å². The van der Waals surface area contributed by atoms with Crippen LogP contribution in [0.25, 0.3) is 0 Å². The number of amides is 3. The number of benzene rings is 2. The number of rotatable bonds is 4. The largest absolute Gasteiger partial charge is 0.325 e. The molecule has 1 atom stereocenters. The first-order chi connectivity index (χ1) is 14.3. The van der Waals surface area contributed by atoms with Gasteiger partial charge in [-0.3, -0.25) is 9.69 Å². The number of aryl methyl sites for hydroxylation is 1. The number of carbonyl (C=O) groups excluding carboxylic acids is 2. The minimum Gasteiger partial charge on any atom is -0.313 e. The molecule has 2 aliphatic heterocycles. The molecule has 2 aromatic carbocycles. The Morgan fingerprint density at radius 1 is 1.13 bits per heavy atom. The molecule has 0 bridgehead atoms. The molecule has 0 aromatic heterocycles. The zero-order valence-corrected chi connectivity index (χ0v) is 17.8. The predicted molar refractivity (Wildman–Crippen MR) is 117 cm³/mol. The van der Waals surface area contributed by atoms with Crippen LogP contribution in [0, 0.1) is 5.82 Å². The topological polar surface area (TPSA) is 43.9 Å². The molecule has 0 radical (unpaired) electrons. The third kappa shape index (κ3) is 3.78. The van der Waals surface area contributed by atoms with Crippen LogP contribution in [0.1, 0.15) is 44.2 Å². The summed E-state index contributed by atoms with van der Waals surface area (Å²) in [6.07, 6.45) is 1.53. The number of fused-ring (bicyclic) bond motifs is 1. The van der Waals surface area contributed by atoms with Crippen molar-refractivity contribution in [2.24, 2.45) is 0 Å². The Morgan fingerprint density at radius 3 is 2.57 bits per heavy atom. The summed E-state index contributed by atoms with van der Waals surface area (Å²) in [6.45, 7) is 7.37. The van der Waals surface area contributed by atoms with Crippen molar-refractivity contribution in [1.82, 2.24) is 4.90 Å². The Labute approximate surface area is 177 Å². The fraction of sp³-hybridized carbons (Fsp3) is 0.417. The molecule has 30 heavy (non-hydrogen) atoms. The van der Waals surface area contributed by atoms with Gasteiger partial charge in [0.25, 0.3) is 0 Å². The number of anilines is 2. The lowest BCUT2D eigenvalue weighted by Gasteiger charge is -2.36. The van der Waals surface area contributed by atoms with Crippen molar-refractivity contribution >= 4 is 23.3 Å². The van der Waals surface area contributed by atoms with E-state index >= 15 is 0 Å². The molecule has 5 nitrogen and oxygen atoms in total. The summed E-state index contributed by atoms with van der Waals surface area (Å²) in [4.78, 5) is 31.1. The van der Waals surface area contributed by atoms with Crippen LogP contribution < -0.4 is 9.80 Å². The summed E-state index contributed by atoms with van der Waals surface area (Å²) < 4.78 is 13.6. The molecule has 1 unspecified atom stereocenters. The summed E-state index contributed by atoms with van der Waals surface area (Å²) in [5.41, 5.74) is 3.69. The fourth-order valence-corrected chi connectivity index (χ4v) is 4.35. The molecule has 3 amide bonds. The van der Waals surface area contributed by atoms with E-state index in [0.29, 0.717) is 19.0 Å². The molecule has 4 rings (SSSR count). The van der Waals surface area contributed by atoms with E-state index in [1.165, 1.54) is 17.7 Å². The standard InChI is InChI=1S/C24H28FN3O2/c1-16(2)18-6-9-21(10-7-18)27-13-12-26(24(27)30)15-23(29)28-17(3)4-5-19-14-20(25)8-11-22(19)28/h6-11,14,16-17H,4-5,12-13,15H2,1-3H3. The summed E-state index contributed by atoms with van der Waals surface area (Å²) >= 11 is 0. The van der Waals surface area contributed by atoms with Gasteiger partial charge < -0.3 is 9.80 Å². The molecular formula is C24H28FN3O2. The Bertz CT molecular complexity index is 957. The van der Waals surface area contributed by atoms with E-state index in [1.807, 2.05) is 31.2 Å². The van der Waals surface area contributed by atoms with Crippen molar-refractivity contribution in [2.75, 3.05) is 29.4 Å². The highest BCUT2D eigenvalue weighted by Crippen LogP contribution is 2.32. The highest BCUT2D eigenvalue weighted by molar-refractivity contribution is 6.01. The van der Waals surface area contributed by atoms with E-state index in [0.717, 1.165) is 29.8 Å². The van der Waals surface area contributed by atoms with Gasteiger partial charge in [0.05, 0.1) is 0 Å². The normalized spacial score (nSPS) is 18.9. The number of urea groups is 1. The van der Waals surface area contributed by atoms with Crippen molar-refractivity contribution < 1.29 is 14.0 Å². The number of nitrogens with zero attached hydrogens (tertiary/aromatic N) is 3. The third-order valence-electron chi connectivity index (χ3n) is 6.13. The van der Waals surface area contributed by atoms with Crippen LogP contribution >= 0.6 is 0 Å². The van der Waals surface area contributed by atoms with E-state index < -0.39 is 0 Å². The SMILES string of the molecule is CC(C)c1ccc(N2CCN(CC(=O)N3c4ccc(F)cc4CCC3C)C2=O)cc1. The summed E-state index contributed by atoms with van der Waals surface area (Å²) in [6, 6.07) is 12.5. The number of hydrogen-bond donors (Lipinski definition) is 0. The molecule has 2 heterocycles. The van der Waals surface area contributed by atoms with E-state index in [4.69, 9.17) is 0 Å². The quantitative estimate of drug-likeness (QED) is 0.743. The Hall–Kier alpha value is -2.89. The highest BCUT2D eigenvalue weighted by atomic mass is 19.1. The molecule has 2 aromatic rings. The minimum absolute atomic E-state index is 0.0212. The van der Waals surface area contributed by atoms with Crippen LogP contribution in [0.15, 0.2) is 42.5 Å². The second kappa shape index (κ2) is 8.09. The van der Waals surface area contributed by atoms with Crippen LogP contribution in [0.4, 0.5) is 20.6 Å². The molecule has 1 fully saturated rings. The van der Waals surface area contributed by atoms with Gasteiger partial charge in [-0.2, -0.15) is 0 Å². The monoisotopic (exact) mass is 409 g/mol. The lowest BCUT2D eigenvalue weighted by molar-refractivity contribution is -0.119. The smallest absolute Gasteiger partial charge is 0.313 e. The van der Waals surface area contributed by atoms with Gasteiger partial charge in [0.2, 0.25) is 5.91 Å². The number of halogens is 1. The molecule has 2 aliphatic rings. The van der Waals surface area contributed by atoms with E-state index in [1.54, 1.807) is 20.8 Å². The van der Waals surface area contributed by atoms with Gasteiger partial charge in [-0.05, 0) is 67.1 Å². The van der Waals surface area contributed by atoms with Crippen molar-refractivity contribution in [1.29, 1.82) is 0 Å². The second-order valence-corrected chi connectivity index (χ2v) is 8.53. The maximum Gasteiger partial charge on any atom is 0.325 e. The van der Waals surface area contributed by atoms with Gasteiger partial charge in [-0.15, -0.1) is 0 Å². The van der Waals surface area contributed by atoms with Gasteiger partial charge in [0.15, 0.2) is 0 Å². The van der Waals surface area contributed by atoms with Crippen molar-refractivity contribution in [3.63, 3.8) is 0 Å². The summed E-state index contributed by atoms with van der Waals surface area (Å²) in [5.74, 6) is 0.0234. The van der Waals surface area contributed by atoms with Gasteiger partial charge in [-0.1, -0.05) is 26.0 Å². The second-order valence-electron chi connectivity index (χ2n) is 8.53. The zero-order chi connectivity index (χ0) is 21.4. The fourth-order valence-electron chi connectivity index (χ4n) is 4.35. The maximum atomic E-state index is 13.6. The van der Waals surface area contributed by atoms with Crippen molar-refractivity contribution in [3.05, 3.63) is 59.4 Å². The van der Waals surface area contributed by atoms with Gasteiger partial charge >= 0.3 is 6.03 Å². The van der Waals surface area contributed by atoms with Crippen molar-refractivity contribution in [2.45, 2.75) is 45.6 Å². The van der Waals surface area contributed by atoms with E-state index in [-0.39, 0.29) is 30.3 Å². The van der Waals surface area contributed by atoms with Gasteiger partial charge in [-0.25, -0.2) is 9.18 Å². The Morgan fingerprint density at radius 2 is 1.87 bits per heavy atom. The van der Waals surface area contributed by atoms with E-state index in [9.17, 15) is 14.0 Å². The molecule has 6 heteroatoms. The molecule has 158 valence electrons. The Balaban J connectivity index is 1.47. The van der Waals surface area contributed by atoms with Crippen molar-refractivity contribution in [3.8, 4) is 0 Å². The molecule has 0 saturated carbocycles. The van der Waals surface area contributed by atoms with Crippen LogP contribution in [-0.4, -0.2) is 42.5 Å². The van der Waals surface area contributed by atoms with Crippen LogP contribution in [0.3, 0.4) is 0 Å². The molecule has 0 spiro atoms.